The average Bonchev–Trinajstić information content (AvgIpc) is 2.37. The van der Waals surface area contributed by atoms with Gasteiger partial charge in [0.25, 0.3) is 0 Å². The third-order valence-electron chi connectivity index (χ3n) is 2.13. The molecule has 6 nitrogen and oxygen atoms in total. The van der Waals surface area contributed by atoms with Crippen LogP contribution in [0.25, 0.3) is 0 Å². The summed E-state index contributed by atoms with van der Waals surface area (Å²) in [7, 11) is 2.67. The largest absolute Gasteiger partial charge is 0.489 e. The molecule has 0 spiro atoms. The van der Waals surface area contributed by atoms with Gasteiger partial charge in [-0.3, -0.25) is 10.7 Å². The van der Waals surface area contributed by atoms with Crippen LogP contribution in [0.2, 0.25) is 0 Å². The third kappa shape index (κ3) is 3.31. The minimum absolute atomic E-state index is 0.00468. The maximum atomic E-state index is 13.6. The monoisotopic (exact) mass is 259 g/mol. The standard InChI is InChI=1S/C11H14FNO5/c1-16-3-4-18-9-6-7(11(14)17-2)5-8(12)10(9)13-15/h5-6,13,15H,3-4H2,1-2H3. The van der Waals surface area contributed by atoms with E-state index in [4.69, 9.17) is 14.7 Å². The molecule has 1 aromatic rings. The van der Waals surface area contributed by atoms with Gasteiger partial charge in [-0.25, -0.2) is 9.18 Å². The highest BCUT2D eigenvalue weighted by atomic mass is 19.1. The van der Waals surface area contributed by atoms with Crippen LogP contribution >= 0.6 is 0 Å². The van der Waals surface area contributed by atoms with Crippen molar-refractivity contribution in [3.05, 3.63) is 23.5 Å². The maximum Gasteiger partial charge on any atom is 0.338 e. The van der Waals surface area contributed by atoms with Crippen molar-refractivity contribution in [1.29, 1.82) is 0 Å². The molecule has 0 heterocycles. The Kier molecular flexibility index (Phi) is 5.34. The smallest absolute Gasteiger partial charge is 0.338 e. The lowest BCUT2D eigenvalue weighted by molar-refractivity contribution is 0.0599. The van der Waals surface area contributed by atoms with Crippen LogP contribution in [0.5, 0.6) is 5.75 Å². The van der Waals surface area contributed by atoms with Crippen LogP contribution in [-0.2, 0) is 9.47 Å². The fourth-order valence-electron chi connectivity index (χ4n) is 1.27. The number of rotatable bonds is 6. The molecule has 0 fully saturated rings. The van der Waals surface area contributed by atoms with Crippen molar-refractivity contribution >= 4 is 11.7 Å². The summed E-state index contributed by atoms with van der Waals surface area (Å²) in [5.41, 5.74) is 1.42. The summed E-state index contributed by atoms with van der Waals surface area (Å²) in [6.45, 7) is 0.435. The Hall–Kier alpha value is -1.86. The average molecular weight is 259 g/mol. The second-order valence-electron chi connectivity index (χ2n) is 3.28. The van der Waals surface area contributed by atoms with Crippen LogP contribution < -0.4 is 10.2 Å². The number of benzene rings is 1. The molecule has 0 bridgehead atoms. The summed E-state index contributed by atoms with van der Waals surface area (Å²) >= 11 is 0. The van der Waals surface area contributed by atoms with Gasteiger partial charge in [0.2, 0.25) is 0 Å². The summed E-state index contributed by atoms with van der Waals surface area (Å²) < 4.78 is 28.0. The lowest BCUT2D eigenvalue weighted by atomic mass is 10.2. The zero-order valence-corrected chi connectivity index (χ0v) is 10.0. The van der Waals surface area contributed by atoms with Crippen molar-refractivity contribution in [2.24, 2.45) is 0 Å². The van der Waals surface area contributed by atoms with Gasteiger partial charge in [0, 0.05) is 7.11 Å². The van der Waals surface area contributed by atoms with Crippen molar-refractivity contribution in [2.75, 3.05) is 32.9 Å². The number of hydrogen-bond donors (Lipinski definition) is 2. The molecule has 0 saturated heterocycles. The molecule has 1 rings (SSSR count). The van der Waals surface area contributed by atoms with Crippen LogP contribution in [0.1, 0.15) is 10.4 Å². The van der Waals surface area contributed by atoms with Crippen molar-refractivity contribution < 1.29 is 28.6 Å². The van der Waals surface area contributed by atoms with Crippen LogP contribution in [0.3, 0.4) is 0 Å². The van der Waals surface area contributed by atoms with Crippen LogP contribution in [0, 0.1) is 5.82 Å². The number of esters is 1. The Balaban J connectivity index is 3.03. The number of methoxy groups -OCH3 is 2. The zero-order chi connectivity index (χ0) is 13.5. The van der Waals surface area contributed by atoms with E-state index >= 15 is 0 Å². The first-order chi connectivity index (χ1) is 8.63. The minimum atomic E-state index is -0.826. The molecule has 0 aliphatic carbocycles. The molecular formula is C11H14FNO5. The van der Waals surface area contributed by atoms with E-state index < -0.39 is 11.8 Å². The summed E-state index contributed by atoms with van der Waals surface area (Å²) in [5, 5.41) is 8.83. The van der Waals surface area contributed by atoms with Gasteiger partial charge in [-0.15, -0.1) is 0 Å². The second-order valence-corrected chi connectivity index (χ2v) is 3.28. The lowest BCUT2D eigenvalue weighted by Crippen LogP contribution is -2.09. The highest BCUT2D eigenvalue weighted by Gasteiger charge is 2.16. The Morgan fingerprint density at radius 3 is 2.67 bits per heavy atom. The Morgan fingerprint density at radius 2 is 2.11 bits per heavy atom. The first kappa shape index (κ1) is 14.2. The van der Waals surface area contributed by atoms with Gasteiger partial charge >= 0.3 is 5.97 Å². The number of nitrogens with one attached hydrogen (secondary N) is 1. The zero-order valence-electron chi connectivity index (χ0n) is 10.0. The predicted octanol–water partition coefficient (Wildman–Crippen LogP) is 1.44. The van der Waals surface area contributed by atoms with E-state index in [1.165, 1.54) is 20.3 Å². The molecule has 0 aromatic heterocycles. The van der Waals surface area contributed by atoms with Crippen molar-refractivity contribution in [3.8, 4) is 5.75 Å². The third-order valence-corrected chi connectivity index (χ3v) is 2.13. The highest BCUT2D eigenvalue weighted by molar-refractivity contribution is 5.90. The summed E-state index contributed by atoms with van der Waals surface area (Å²) in [6.07, 6.45) is 0. The van der Waals surface area contributed by atoms with E-state index in [1.807, 2.05) is 0 Å². The molecule has 0 aliphatic heterocycles. The van der Waals surface area contributed by atoms with Crippen LogP contribution in [0.4, 0.5) is 10.1 Å². The summed E-state index contributed by atoms with van der Waals surface area (Å²) in [5.74, 6) is -1.53. The quantitative estimate of drug-likeness (QED) is 0.457. The van der Waals surface area contributed by atoms with Crippen molar-refractivity contribution in [1.82, 2.24) is 0 Å². The summed E-state index contributed by atoms with van der Waals surface area (Å²) in [4.78, 5) is 11.3. The van der Waals surface area contributed by atoms with Gasteiger partial charge in [-0.05, 0) is 12.1 Å². The number of halogens is 1. The van der Waals surface area contributed by atoms with E-state index in [1.54, 1.807) is 5.48 Å². The molecule has 0 unspecified atom stereocenters. The van der Waals surface area contributed by atoms with E-state index in [0.29, 0.717) is 0 Å². The molecule has 100 valence electrons. The Morgan fingerprint density at radius 1 is 1.39 bits per heavy atom. The van der Waals surface area contributed by atoms with Gasteiger partial charge in [0.05, 0.1) is 19.3 Å². The second kappa shape index (κ2) is 6.77. The van der Waals surface area contributed by atoms with Gasteiger partial charge in [0.1, 0.15) is 18.0 Å². The fourth-order valence-corrected chi connectivity index (χ4v) is 1.27. The lowest BCUT2D eigenvalue weighted by Gasteiger charge is -2.12. The van der Waals surface area contributed by atoms with E-state index in [-0.39, 0.29) is 30.2 Å². The molecular weight excluding hydrogens is 245 g/mol. The van der Waals surface area contributed by atoms with Crippen molar-refractivity contribution in [2.45, 2.75) is 0 Å². The Bertz CT molecular complexity index is 424. The Labute approximate surface area is 103 Å². The van der Waals surface area contributed by atoms with Crippen molar-refractivity contribution in [3.63, 3.8) is 0 Å². The molecule has 0 saturated carbocycles. The molecule has 0 atom stereocenters. The fraction of sp³-hybridized carbons (Fsp3) is 0.364. The summed E-state index contributed by atoms with van der Waals surface area (Å²) in [6, 6.07) is 2.21. The first-order valence-electron chi connectivity index (χ1n) is 5.07. The normalized spacial score (nSPS) is 10.0. The van der Waals surface area contributed by atoms with Gasteiger partial charge in [-0.2, -0.15) is 0 Å². The number of carbonyl (C=O) groups excluding carboxylic acids is 1. The molecule has 0 aliphatic rings. The first-order valence-corrected chi connectivity index (χ1v) is 5.07. The molecule has 18 heavy (non-hydrogen) atoms. The van der Waals surface area contributed by atoms with Crippen LogP contribution in [-0.4, -0.2) is 38.6 Å². The van der Waals surface area contributed by atoms with Gasteiger partial charge in [-0.1, -0.05) is 0 Å². The van der Waals surface area contributed by atoms with E-state index in [9.17, 15) is 9.18 Å². The molecule has 7 heteroatoms. The van der Waals surface area contributed by atoms with Gasteiger partial charge < -0.3 is 14.2 Å². The minimum Gasteiger partial charge on any atom is -0.489 e. The number of anilines is 1. The molecule has 0 amide bonds. The predicted molar refractivity (Wildman–Crippen MR) is 60.5 cm³/mol. The van der Waals surface area contributed by atoms with E-state index in [0.717, 1.165) is 6.07 Å². The number of ether oxygens (including phenoxy) is 3. The molecule has 2 N–H and O–H groups in total. The number of carbonyl (C=O) groups is 1. The highest BCUT2D eigenvalue weighted by Crippen LogP contribution is 2.29. The molecule has 0 radical (unpaired) electrons. The SMILES string of the molecule is COCCOc1cc(C(=O)OC)cc(F)c1NO. The molecule has 1 aromatic carbocycles. The van der Waals surface area contributed by atoms with Gasteiger partial charge in [0.15, 0.2) is 5.82 Å². The van der Waals surface area contributed by atoms with E-state index in [2.05, 4.69) is 4.74 Å². The maximum absolute atomic E-state index is 13.6. The van der Waals surface area contributed by atoms with Crippen LogP contribution in [0.15, 0.2) is 12.1 Å². The topological polar surface area (TPSA) is 77.0 Å². The number of hydrogen-bond acceptors (Lipinski definition) is 6.